The Morgan fingerprint density at radius 3 is 2.56 bits per heavy atom. The molecule has 1 saturated heterocycles. The van der Waals surface area contributed by atoms with Gasteiger partial charge in [-0.25, -0.2) is 9.29 Å². The Balaban J connectivity index is 1.94. The van der Waals surface area contributed by atoms with Crippen LogP contribution in [0.5, 0.6) is 5.88 Å². The Morgan fingerprint density at radius 1 is 1.24 bits per heavy atom. The third-order valence-electron chi connectivity index (χ3n) is 4.05. The minimum Gasteiger partial charge on any atom is -0.474 e. The maximum Gasteiger partial charge on any atom is 0.304 e. The van der Waals surface area contributed by atoms with Gasteiger partial charge in [-0.2, -0.15) is 12.7 Å². The predicted molar refractivity (Wildman–Crippen MR) is 94.0 cm³/mol. The molecule has 0 spiro atoms. The van der Waals surface area contributed by atoms with Gasteiger partial charge in [0.15, 0.2) is 0 Å². The Hall–Kier alpha value is -1.87. The zero-order chi connectivity index (χ0) is 18.2. The van der Waals surface area contributed by atoms with Crippen molar-refractivity contribution < 1.29 is 17.9 Å². The molecule has 1 aromatic heterocycles. The molecule has 138 valence electrons. The number of nitrogens with one attached hydrogen (secondary N) is 1. The molecule has 1 amide bonds. The molecule has 3 heterocycles. The maximum atomic E-state index is 12.9. The van der Waals surface area contributed by atoms with Crippen molar-refractivity contribution in [2.24, 2.45) is 0 Å². The van der Waals surface area contributed by atoms with Gasteiger partial charge in [0.05, 0.1) is 12.1 Å². The first-order valence-electron chi connectivity index (χ1n) is 8.42. The number of fused-ring (bicyclic) bond motifs is 1. The molecule has 0 aromatic carbocycles. The molecular formula is C16H24N4O4S. The lowest BCUT2D eigenvalue weighted by atomic mass is 10.1. The maximum absolute atomic E-state index is 12.9. The molecule has 0 saturated carbocycles. The zero-order valence-corrected chi connectivity index (χ0v) is 15.6. The molecule has 0 aliphatic carbocycles. The first-order chi connectivity index (χ1) is 11.7. The minimum atomic E-state index is -3.64. The van der Waals surface area contributed by atoms with Crippen LogP contribution in [0.2, 0.25) is 0 Å². The number of pyridine rings is 1. The average Bonchev–Trinajstić information content (AvgIpc) is 3.07. The number of hydrogen-bond donors (Lipinski definition) is 1. The molecule has 0 radical (unpaired) electrons. The van der Waals surface area contributed by atoms with Gasteiger partial charge in [-0.3, -0.25) is 4.79 Å². The molecule has 9 heteroatoms. The summed E-state index contributed by atoms with van der Waals surface area (Å²) in [7, 11) is -3.64. The smallest absolute Gasteiger partial charge is 0.304 e. The number of carbonyl (C=O) groups is 1. The number of hydrogen-bond acceptors (Lipinski definition) is 5. The quantitative estimate of drug-likeness (QED) is 0.864. The highest BCUT2D eigenvalue weighted by molar-refractivity contribution is 7.90. The third kappa shape index (κ3) is 3.72. The van der Waals surface area contributed by atoms with E-state index in [2.05, 4.69) is 10.3 Å². The van der Waals surface area contributed by atoms with Crippen molar-refractivity contribution in [3.8, 4) is 5.88 Å². The van der Waals surface area contributed by atoms with E-state index >= 15 is 0 Å². The van der Waals surface area contributed by atoms with Crippen LogP contribution in [0.15, 0.2) is 12.3 Å². The fraction of sp³-hybridized carbons (Fsp3) is 0.625. The lowest BCUT2D eigenvalue weighted by Gasteiger charge is -2.32. The summed E-state index contributed by atoms with van der Waals surface area (Å²) >= 11 is 0. The second kappa shape index (κ2) is 6.45. The van der Waals surface area contributed by atoms with Gasteiger partial charge in [-0.1, -0.05) is 0 Å². The zero-order valence-electron chi connectivity index (χ0n) is 14.8. The van der Waals surface area contributed by atoms with Crippen molar-refractivity contribution in [1.82, 2.24) is 14.6 Å². The molecule has 3 rings (SSSR count). The predicted octanol–water partition coefficient (Wildman–Crippen LogP) is 1.15. The third-order valence-corrected chi connectivity index (χ3v) is 6.01. The molecular weight excluding hydrogens is 344 g/mol. The lowest BCUT2D eigenvalue weighted by molar-refractivity contribution is 0.0919. The fourth-order valence-electron chi connectivity index (χ4n) is 2.91. The van der Waals surface area contributed by atoms with Crippen LogP contribution < -0.4 is 14.4 Å². The molecule has 0 bridgehead atoms. The van der Waals surface area contributed by atoms with Crippen LogP contribution in [-0.4, -0.2) is 55.4 Å². The summed E-state index contributed by atoms with van der Waals surface area (Å²) in [5, 5.41) is 2.85. The number of anilines is 1. The van der Waals surface area contributed by atoms with Gasteiger partial charge in [0.25, 0.3) is 5.91 Å². The fourth-order valence-corrected chi connectivity index (χ4v) is 4.59. The van der Waals surface area contributed by atoms with Crippen molar-refractivity contribution in [3.63, 3.8) is 0 Å². The molecule has 2 aliphatic heterocycles. The SMILES string of the molecule is CC(C)(C)NC(=O)c1cnc2c(c1)N(S(=O)(=O)N1CCCC1)CCO2. The van der Waals surface area contributed by atoms with Gasteiger partial charge >= 0.3 is 10.2 Å². The van der Waals surface area contributed by atoms with Gasteiger partial charge in [-0.05, 0) is 39.7 Å². The summed E-state index contributed by atoms with van der Waals surface area (Å²) in [5.74, 6) is -0.0618. The Kier molecular flexibility index (Phi) is 4.63. The van der Waals surface area contributed by atoms with Crippen LogP contribution in [0.25, 0.3) is 0 Å². The largest absolute Gasteiger partial charge is 0.474 e. The molecule has 0 unspecified atom stereocenters. The van der Waals surface area contributed by atoms with Gasteiger partial charge in [0.1, 0.15) is 12.3 Å². The van der Waals surface area contributed by atoms with Crippen LogP contribution >= 0.6 is 0 Å². The molecule has 1 N–H and O–H groups in total. The van der Waals surface area contributed by atoms with Crippen molar-refractivity contribution in [1.29, 1.82) is 0 Å². The summed E-state index contributed by atoms with van der Waals surface area (Å²) < 4.78 is 34.1. The second-order valence-corrected chi connectivity index (χ2v) is 9.14. The molecule has 2 aliphatic rings. The van der Waals surface area contributed by atoms with Gasteiger partial charge in [0, 0.05) is 24.8 Å². The number of amides is 1. The Labute approximate surface area is 148 Å². The molecule has 25 heavy (non-hydrogen) atoms. The molecule has 1 aromatic rings. The standard InChI is InChI=1S/C16H24N4O4S/c1-16(2,3)18-14(21)12-10-13-15(17-11-12)24-9-8-20(13)25(22,23)19-6-4-5-7-19/h10-11H,4-9H2,1-3H3,(H,18,21). The van der Waals surface area contributed by atoms with Crippen molar-refractivity contribution >= 4 is 21.8 Å². The van der Waals surface area contributed by atoms with Crippen molar-refractivity contribution in [3.05, 3.63) is 17.8 Å². The number of nitrogens with zero attached hydrogens (tertiary/aromatic N) is 3. The van der Waals surface area contributed by atoms with Gasteiger partial charge in [0.2, 0.25) is 5.88 Å². The Morgan fingerprint density at radius 2 is 1.92 bits per heavy atom. The topological polar surface area (TPSA) is 91.8 Å². The van der Waals surface area contributed by atoms with E-state index in [0.29, 0.717) is 24.3 Å². The highest BCUT2D eigenvalue weighted by atomic mass is 32.2. The summed E-state index contributed by atoms with van der Waals surface area (Å²) in [6, 6.07) is 1.54. The molecule has 8 nitrogen and oxygen atoms in total. The number of carbonyl (C=O) groups excluding carboxylic acids is 1. The normalized spacial score (nSPS) is 18.6. The first kappa shape index (κ1) is 17.9. The van der Waals surface area contributed by atoms with Gasteiger partial charge < -0.3 is 10.1 Å². The molecule has 1 fully saturated rings. The minimum absolute atomic E-state index is 0.206. The monoisotopic (exact) mass is 368 g/mol. The summed E-state index contributed by atoms with van der Waals surface area (Å²) in [6.45, 7) is 7.12. The second-order valence-electron chi connectivity index (χ2n) is 7.29. The van der Waals surface area contributed by atoms with E-state index in [4.69, 9.17) is 4.74 Å². The van der Waals surface area contributed by atoms with Crippen LogP contribution in [-0.2, 0) is 10.2 Å². The van der Waals surface area contributed by atoms with E-state index < -0.39 is 15.7 Å². The molecule has 0 atom stereocenters. The lowest BCUT2D eigenvalue weighted by Crippen LogP contribution is -2.46. The highest BCUT2D eigenvalue weighted by Crippen LogP contribution is 2.34. The van der Waals surface area contributed by atoms with Crippen LogP contribution in [0.3, 0.4) is 0 Å². The van der Waals surface area contributed by atoms with E-state index in [1.54, 1.807) is 0 Å². The average molecular weight is 368 g/mol. The number of rotatable bonds is 3. The van der Waals surface area contributed by atoms with Crippen LogP contribution in [0.4, 0.5) is 5.69 Å². The first-order valence-corrected chi connectivity index (χ1v) is 9.81. The van der Waals surface area contributed by atoms with Gasteiger partial charge in [-0.15, -0.1) is 0 Å². The van der Waals surface area contributed by atoms with Crippen molar-refractivity contribution in [2.75, 3.05) is 30.5 Å². The van der Waals surface area contributed by atoms with E-state index in [0.717, 1.165) is 12.8 Å². The number of aromatic nitrogens is 1. The number of ether oxygens (including phenoxy) is 1. The summed E-state index contributed by atoms with van der Waals surface area (Å²) in [4.78, 5) is 16.5. The highest BCUT2D eigenvalue weighted by Gasteiger charge is 2.36. The van der Waals surface area contributed by atoms with Crippen molar-refractivity contribution in [2.45, 2.75) is 39.2 Å². The van der Waals surface area contributed by atoms with Crippen LogP contribution in [0, 0.1) is 0 Å². The van der Waals surface area contributed by atoms with E-state index in [1.165, 1.54) is 20.9 Å². The van der Waals surface area contributed by atoms with E-state index in [1.807, 2.05) is 20.8 Å². The van der Waals surface area contributed by atoms with Crippen LogP contribution in [0.1, 0.15) is 44.0 Å². The summed E-state index contributed by atoms with van der Waals surface area (Å²) in [6.07, 6.45) is 3.14. The Bertz CT molecular complexity index is 767. The van der Waals surface area contributed by atoms with E-state index in [9.17, 15) is 13.2 Å². The summed E-state index contributed by atoms with van der Waals surface area (Å²) in [5.41, 5.74) is 0.227. The van der Waals surface area contributed by atoms with E-state index in [-0.39, 0.29) is 24.9 Å².